The molecule has 2 fully saturated rings. The van der Waals surface area contributed by atoms with Crippen molar-refractivity contribution < 1.29 is 33.4 Å². The van der Waals surface area contributed by atoms with Crippen molar-refractivity contribution in [2.75, 3.05) is 20.2 Å². The van der Waals surface area contributed by atoms with E-state index in [4.69, 9.17) is 4.74 Å². The summed E-state index contributed by atoms with van der Waals surface area (Å²) in [6.45, 7) is 8.29. The summed E-state index contributed by atoms with van der Waals surface area (Å²) in [4.78, 5) is 77.9. The summed E-state index contributed by atoms with van der Waals surface area (Å²) in [5, 5.41) is 14.2. The average molecular weight is 745 g/mol. The third-order valence-electron chi connectivity index (χ3n) is 9.98. The first kappa shape index (κ1) is 37.9. The van der Waals surface area contributed by atoms with Crippen LogP contribution in [0.3, 0.4) is 0 Å². The Morgan fingerprint density at radius 1 is 0.796 bits per heavy atom. The third kappa shape index (κ3) is 7.89. The quantitative estimate of drug-likeness (QED) is 0.138. The Kier molecular flexibility index (Phi) is 11.2. The molecule has 5 N–H and O–H groups in total. The number of ether oxygens (including phenoxy) is 1. The highest BCUT2D eigenvalue weighted by molar-refractivity contribution is 5.87. The molecule has 6 rings (SSSR count). The van der Waals surface area contributed by atoms with Crippen molar-refractivity contribution in [3.63, 3.8) is 0 Å². The van der Waals surface area contributed by atoms with Crippen LogP contribution in [0.15, 0.2) is 43.0 Å². The number of nitrogens with zero attached hydrogens (tertiary/aromatic N) is 6. The molecule has 0 saturated carbocycles. The Bertz CT molecular complexity index is 2000. The van der Waals surface area contributed by atoms with E-state index in [0.717, 1.165) is 12.8 Å². The third-order valence-corrected chi connectivity index (χ3v) is 9.98. The first-order chi connectivity index (χ1) is 25.9. The van der Waals surface area contributed by atoms with Gasteiger partial charge in [-0.25, -0.2) is 33.9 Å². The Hall–Kier alpha value is -5.87. The Labute approximate surface area is 311 Å². The number of alkyl carbamates (subject to hydrolysis) is 1. The van der Waals surface area contributed by atoms with Gasteiger partial charge >= 0.3 is 12.2 Å². The fourth-order valence-corrected chi connectivity index (χ4v) is 7.12. The number of carbonyl (C=O) groups excluding carboxylic acids is 3. The molecule has 5 heterocycles. The molecule has 4 amide bonds. The predicted molar refractivity (Wildman–Crippen MR) is 194 cm³/mol. The molecule has 54 heavy (non-hydrogen) atoms. The summed E-state index contributed by atoms with van der Waals surface area (Å²) in [7, 11) is 1.26. The van der Waals surface area contributed by atoms with E-state index in [0.29, 0.717) is 65.9 Å². The van der Waals surface area contributed by atoms with Gasteiger partial charge in [0.1, 0.15) is 29.5 Å². The van der Waals surface area contributed by atoms with Crippen molar-refractivity contribution in [2.45, 2.75) is 77.5 Å². The van der Waals surface area contributed by atoms with E-state index in [2.05, 4.69) is 40.5 Å². The molecule has 2 aliphatic rings. The minimum absolute atomic E-state index is 0.148. The molecule has 4 atom stereocenters. The summed E-state index contributed by atoms with van der Waals surface area (Å²) in [5.41, 5.74) is 2.49. The van der Waals surface area contributed by atoms with Crippen LogP contribution >= 0.6 is 0 Å². The van der Waals surface area contributed by atoms with Crippen LogP contribution in [-0.4, -0.2) is 101 Å². The van der Waals surface area contributed by atoms with Gasteiger partial charge in [0, 0.05) is 42.2 Å². The van der Waals surface area contributed by atoms with Gasteiger partial charge in [-0.3, -0.25) is 9.59 Å². The molecule has 0 spiro atoms. The number of aromatic nitrogens is 6. The lowest BCUT2D eigenvalue weighted by atomic mass is 10.0. The number of rotatable bonds is 11. The summed E-state index contributed by atoms with van der Waals surface area (Å²) >= 11 is 0. The second kappa shape index (κ2) is 16.0. The molecule has 16 nitrogen and oxygen atoms in total. The molecule has 2 saturated heterocycles. The number of carboxylic acid groups (broad SMARTS) is 1. The number of carbonyl (C=O) groups is 4. The van der Waals surface area contributed by atoms with Gasteiger partial charge in [0.2, 0.25) is 11.8 Å². The number of benzene rings is 1. The number of imidazole rings is 2. The van der Waals surface area contributed by atoms with E-state index in [1.165, 1.54) is 19.4 Å². The van der Waals surface area contributed by atoms with Gasteiger partial charge in [-0.2, -0.15) is 0 Å². The summed E-state index contributed by atoms with van der Waals surface area (Å²) in [6, 6.07) is 2.36. The lowest BCUT2D eigenvalue weighted by Gasteiger charge is -2.30. The highest BCUT2D eigenvalue weighted by Gasteiger charge is 2.39. The molecule has 286 valence electrons. The van der Waals surface area contributed by atoms with Crippen LogP contribution in [0.1, 0.15) is 77.1 Å². The number of likely N-dealkylation sites (tertiary alicyclic amines) is 2. The van der Waals surface area contributed by atoms with Gasteiger partial charge in [-0.1, -0.05) is 33.8 Å². The zero-order valence-electron chi connectivity index (χ0n) is 30.8. The molecule has 0 aliphatic carbocycles. The molecule has 1 unspecified atom stereocenters. The van der Waals surface area contributed by atoms with Gasteiger partial charge in [0.15, 0.2) is 5.82 Å². The molecule has 0 radical (unpaired) electrons. The molecule has 0 bridgehead atoms. The second-order valence-electron chi connectivity index (χ2n) is 14.3. The largest absolute Gasteiger partial charge is 0.465 e. The minimum atomic E-state index is -1.26. The van der Waals surface area contributed by atoms with Crippen molar-refractivity contribution >= 4 is 24.0 Å². The Balaban J connectivity index is 1.13. The molecule has 17 heteroatoms. The first-order valence-electron chi connectivity index (χ1n) is 18.0. The number of amides is 4. The SMILES string of the molecule is COC(=O)N[C@H](C(=O)N1CCCC1c1ncc(-c2cnc(-c3ccc(-c4cnc([C@@H]5CCCN5C(=O)[C@@H](NC(=O)O)C(C)C)[nH]4)c(F)c3)nc2)[nH]1)C(C)C. The highest BCUT2D eigenvalue weighted by atomic mass is 19.1. The Morgan fingerprint density at radius 2 is 1.33 bits per heavy atom. The fourth-order valence-electron chi connectivity index (χ4n) is 7.12. The molecule has 1 aromatic carbocycles. The average Bonchev–Trinajstić information content (AvgIpc) is 3.98. The lowest BCUT2D eigenvalue weighted by Crippen LogP contribution is -2.51. The van der Waals surface area contributed by atoms with Crippen molar-refractivity contribution in [1.82, 2.24) is 50.3 Å². The number of aromatic amines is 2. The van der Waals surface area contributed by atoms with Gasteiger partial charge < -0.3 is 40.2 Å². The molecule has 3 aromatic heterocycles. The summed E-state index contributed by atoms with van der Waals surface area (Å²) < 4.78 is 20.3. The first-order valence-corrected chi connectivity index (χ1v) is 18.0. The number of methoxy groups -OCH3 is 1. The van der Waals surface area contributed by atoms with Crippen molar-refractivity contribution in [1.29, 1.82) is 0 Å². The van der Waals surface area contributed by atoms with Crippen LogP contribution in [-0.2, 0) is 14.3 Å². The zero-order valence-corrected chi connectivity index (χ0v) is 30.8. The van der Waals surface area contributed by atoms with E-state index in [1.54, 1.807) is 54.4 Å². The second-order valence-corrected chi connectivity index (χ2v) is 14.3. The standard InChI is InChI=1S/C37H45FN10O6/c1-19(2)29(45-36(51)52)34(49)47-12-7-9-28(47)33-42-18-26(44-33)23-11-10-21(14-24(23)38)31-39-15-22(16-40-31)25-17-41-32(43-25)27-8-6-13-48(27)35(50)30(20(3)4)46-37(53)54-5/h10-11,14-20,27-30,45H,6-9,12-13H2,1-5H3,(H,41,43)(H,42,44)(H,46,53)(H,51,52)/t27?,28-,29-,30-/m0/s1. The predicted octanol–water partition coefficient (Wildman–Crippen LogP) is 5.06. The summed E-state index contributed by atoms with van der Waals surface area (Å²) in [5.74, 6) is -0.00377. The van der Waals surface area contributed by atoms with Crippen molar-refractivity contribution in [3.05, 3.63) is 60.5 Å². The maximum atomic E-state index is 15.6. The van der Waals surface area contributed by atoms with Crippen LogP contribution in [0.25, 0.3) is 33.9 Å². The molecule has 2 aliphatic heterocycles. The van der Waals surface area contributed by atoms with Crippen LogP contribution in [0.5, 0.6) is 0 Å². The van der Waals surface area contributed by atoms with Crippen LogP contribution in [0.4, 0.5) is 14.0 Å². The zero-order chi connectivity index (χ0) is 38.7. The minimum Gasteiger partial charge on any atom is -0.465 e. The van der Waals surface area contributed by atoms with E-state index < -0.39 is 36.1 Å². The van der Waals surface area contributed by atoms with Crippen LogP contribution in [0, 0.1) is 17.7 Å². The van der Waals surface area contributed by atoms with Gasteiger partial charge in [-0.05, 0) is 49.7 Å². The number of hydrogen-bond acceptors (Lipinski definition) is 9. The van der Waals surface area contributed by atoms with Gasteiger partial charge in [-0.15, -0.1) is 0 Å². The normalized spacial score (nSPS) is 18.2. The van der Waals surface area contributed by atoms with Gasteiger partial charge in [0.05, 0.1) is 43.0 Å². The van der Waals surface area contributed by atoms with Crippen LogP contribution < -0.4 is 10.6 Å². The highest BCUT2D eigenvalue weighted by Crippen LogP contribution is 2.35. The van der Waals surface area contributed by atoms with Crippen molar-refractivity contribution in [2.24, 2.45) is 11.8 Å². The van der Waals surface area contributed by atoms with E-state index in [1.807, 2.05) is 13.8 Å². The summed E-state index contributed by atoms with van der Waals surface area (Å²) in [6.07, 6.45) is 7.35. The molecular formula is C37H45FN10O6. The smallest absolute Gasteiger partial charge is 0.407 e. The number of halogens is 1. The van der Waals surface area contributed by atoms with E-state index in [-0.39, 0.29) is 35.3 Å². The monoisotopic (exact) mass is 744 g/mol. The topological polar surface area (TPSA) is 211 Å². The van der Waals surface area contributed by atoms with Crippen molar-refractivity contribution in [3.8, 4) is 33.9 Å². The van der Waals surface area contributed by atoms with Crippen LogP contribution in [0.2, 0.25) is 0 Å². The number of H-pyrrole nitrogens is 2. The number of hydrogen-bond donors (Lipinski definition) is 5. The molecular weight excluding hydrogens is 699 g/mol. The van der Waals surface area contributed by atoms with Gasteiger partial charge in [0.25, 0.3) is 0 Å². The van der Waals surface area contributed by atoms with E-state index >= 15 is 4.39 Å². The fraction of sp³-hybridized carbons (Fsp3) is 0.459. The number of nitrogens with one attached hydrogen (secondary N) is 4. The Morgan fingerprint density at radius 3 is 1.85 bits per heavy atom. The lowest BCUT2D eigenvalue weighted by molar-refractivity contribution is -0.136. The van der Waals surface area contributed by atoms with E-state index in [9.17, 15) is 24.3 Å². The maximum absolute atomic E-state index is 15.6. The maximum Gasteiger partial charge on any atom is 0.407 e. The molecule has 4 aromatic rings.